The summed E-state index contributed by atoms with van der Waals surface area (Å²) in [6, 6.07) is 9.89. The van der Waals surface area contributed by atoms with E-state index in [-0.39, 0.29) is 16.7 Å². The zero-order valence-corrected chi connectivity index (χ0v) is 12.2. The molecule has 1 aliphatic rings. The molecule has 0 bridgehead atoms. The Labute approximate surface area is 120 Å². The quantitative estimate of drug-likeness (QED) is 0.828. The monoisotopic (exact) mass is 279 g/mol. The molecule has 0 spiro atoms. The van der Waals surface area contributed by atoms with E-state index in [0.29, 0.717) is 6.54 Å². The minimum Gasteiger partial charge on any atom is -0.354 e. The molecule has 1 aliphatic carbocycles. The highest BCUT2D eigenvalue weighted by Crippen LogP contribution is 2.36. The number of hydrogen-bond acceptors (Lipinski definition) is 1. The van der Waals surface area contributed by atoms with Gasteiger partial charge in [0.25, 0.3) is 0 Å². The predicted molar refractivity (Wildman–Crippen MR) is 79.2 cm³/mol. The Kier molecular flexibility index (Phi) is 4.87. The minimum atomic E-state index is -0.189. The number of nitrogens with one attached hydrogen (secondary N) is 1. The number of hydrogen-bond donors (Lipinski definition) is 1. The van der Waals surface area contributed by atoms with Gasteiger partial charge in [-0.05, 0) is 18.4 Å². The number of alkyl halides is 1. The lowest BCUT2D eigenvalue weighted by atomic mass is 9.75. The first-order valence-corrected chi connectivity index (χ1v) is 7.53. The topological polar surface area (TPSA) is 29.1 Å². The van der Waals surface area contributed by atoms with Gasteiger partial charge in [0.1, 0.15) is 0 Å². The fourth-order valence-electron chi connectivity index (χ4n) is 2.73. The van der Waals surface area contributed by atoms with Gasteiger partial charge in [-0.15, -0.1) is 11.6 Å². The second-order valence-electron chi connectivity index (χ2n) is 5.71. The number of rotatable bonds is 4. The number of amides is 1. The Hall–Kier alpha value is -1.02. The average Bonchev–Trinajstić information content (AvgIpc) is 2.46. The summed E-state index contributed by atoms with van der Waals surface area (Å²) in [5.41, 5.74) is 0.865. The van der Waals surface area contributed by atoms with Crippen molar-refractivity contribution in [2.75, 3.05) is 6.54 Å². The zero-order valence-electron chi connectivity index (χ0n) is 11.5. The third-order valence-corrected chi connectivity index (χ3v) is 4.51. The first-order chi connectivity index (χ1) is 9.12. The maximum atomic E-state index is 12.3. The lowest BCUT2D eigenvalue weighted by molar-refractivity contribution is -0.131. The summed E-state index contributed by atoms with van der Waals surface area (Å²) in [5, 5.41) is 2.87. The molecule has 3 heteroatoms. The van der Waals surface area contributed by atoms with Gasteiger partial charge in [0.05, 0.1) is 5.38 Å². The van der Waals surface area contributed by atoms with E-state index in [0.717, 1.165) is 31.2 Å². The number of halogens is 1. The van der Waals surface area contributed by atoms with E-state index in [1.54, 1.807) is 0 Å². The van der Waals surface area contributed by atoms with Crippen molar-refractivity contribution in [3.8, 4) is 0 Å². The van der Waals surface area contributed by atoms with Crippen LogP contribution in [0.2, 0.25) is 0 Å². The molecule has 2 nitrogen and oxygen atoms in total. The van der Waals surface area contributed by atoms with Crippen LogP contribution in [0.3, 0.4) is 0 Å². The maximum absolute atomic E-state index is 12.3. The molecule has 0 aliphatic heterocycles. The maximum Gasteiger partial charge on any atom is 0.225 e. The van der Waals surface area contributed by atoms with Crippen LogP contribution in [0.4, 0.5) is 0 Å². The van der Waals surface area contributed by atoms with Crippen LogP contribution in [0, 0.1) is 5.41 Å². The van der Waals surface area contributed by atoms with Gasteiger partial charge in [0.2, 0.25) is 5.91 Å². The van der Waals surface area contributed by atoms with Crippen LogP contribution >= 0.6 is 11.6 Å². The fourth-order valence-corrected chi connectivity index (χ4v) is 2.96. The highest BCUT2D eigenvalue weighted by molar-refractivity contribution is 6.21. The van der Waals surface area contributed by atoms with Crippen molar-refractivity contribution in [2.45, 2.75) is 44.4 Å². The van der Waals surface area contributed by atoms with Crippen LogP contribution in [0.15, 0.2) is 30.3 Å². The molecule has 0 aromatic heterocycles. The second-order valence-corrected chi connectivity index (χ2v) is 6.24. The molecular weight excluding hydrogens is 258 g/mol. The van der Waals surface area contributed by atoms with Crippen molar-refractivity contribution in [1.29, 1.82) is 0 Å². The van der Waals surface area contributed by atoms with E-state index < -0.39 is 0 Å². The molecule has 1 amide bonds. The van der Waals surface area contributed by atoms with E-state index >= 15 is 0 Å². The zero-order chi connectivity index (χ0) is 13.7. The highest BCUT2D eigenvalue weighted by atomic mass is 35.5. The minimum absolute atomic E-state index is 0.155. The van der Waals surface area contributed by atoms with Gasteiger partial charge in [0.15, 0.2) is 0 Å². The van der Waals surface area contributed by atoms with Crippen LogP contribution in [0.1, 0.15) is 50.0 Å². The highest BCUT2D eigenvalue weighted by Gasteiger charge is 2.34. The van der Waals surface area contributed by atoms with Crippen molar-refractivity contribution >= 4 is 17.5 Å². The molecule has 1 N–H and O–H groups in total. The first-order valence-electron chi connectivity index (χ1n) is 7.09. The molecule has 1 aromatic rings. The Morgan fingerprint density at radius 3 is 2.53 bits per heavy atom. The third-order valence-electron chi connectivity index (χ3n) is 4.11. The van der Waals surface area contributed by atoms with Gasteiger partial charge in [-0.3, -0.25) is 4.79 Å². The Morgan fingerprint density at radius 2 is 1.89 bits per heavy atom. The Bertz CT molecular complexity index is 412. The summed E-state index contributed by atoms with van der Waals surface area (Å²) in [7, 11) is 0. The van der Waals surface area contributed by atoms with E-state index in [9.17, 15) is 4.79 Å². The third kappa shape index (κ3) is 3.73. The molecule has 2 rings (SSSR count). The molecule has 0 heterocycles. The normalized spacial score (nSPS) is 19.7. The van der Waals surface area contributed by atoms with E-state index in [1.807, 2.05) is 30.3 Å². The fraction of sp³-hybridized carbons (Fsp3) is 0.562. The standard InChI is InChI=1S/C16H22ClNO/c1-16(10-6-3-7-11-16)15(19)18-12-14(17)13-8-4-2-5-9-13/h2,4-5,8-9,14H,3,6-7,10-12H2,1H3,(H,18,19). The summed E-state index contributed by atoms with van der Waals surface area (Å²) in [4.78, 5) is 12.3. The Balaban J connectivity index is 1.86. The molecule has 19 heavy (non-hydrogen) atoms. The molecule has 104 valence electrons. The van der Waals surface area contributed by atoms with Gasteiger partial charge in [0, 0.05) is 12.0 Å². The van der Waals surface area contributed by atoms with Crippen LogP contribution < -0.4 is 5.32 Å². The summed E-state index contributed by atoms with van der Waals surface area (Å²) in [6.45, 7) is 2.58. The molecule has 0 saturated heterocycles. The van der Waals surface area contributed by atoms with Crippen LogP contribution in [-0.2, 0) is 4.79 Å². The molecule has 1 atom stereocenters. The average molecular weight is 280 g/mol. The summed E-state index contributed by atoms with van der Waals surface area (Å²) in [5.74, 6) is 0.161. The van der Waals surface area contributed by atoms with E-state index in [1.165, 1.54) is 6.42 Å². The smallest absolute Gasteiger partial charge is 0.225 e. The predicted octanol–water partition coefficient (Wildman–Crippen LogP) is 4.05. The van der Waals surface area contributed by atoms with Crippen LogP contribution in [0.5, 0.6) is 0 Å². The summed E-state index contributed by atoms with van der Waals surface area (Å²) >= 11 is 6.32. The van der Waals surface area contributed by atoms with Crippen molar-refractivity contribution in [3.63, 3.8) is 0 Å². The molecule has 1 aromatic carbocycles. The van der Waals surface area contributed by atoms with Gasteiger partial charge in [-0.2, -0.15) is 0 Å². The molecular formula is C16H22ClNO. The lowest BCUT2D eigenvalue weighted by Crippen LogP contribution is -2.41. The summed E-state index contributed by atoms with van der Waals surface area (Å²) < 4.78 is 0. The Morgan fingerprint density at radius 1 is 1.26 bits per heavy atom. The van der Waals surface area contributed by atoms with E-state index in [4.69, 9.17) is 11.6 Å². The van der Waals surface area contributed by atoms with Gasteiger partial charge >= 0.3 is 0 Å². The van der Waals surface area contributed by atoms with Gasteiger partial charge in [-0.25, -0.2) is 0 Å². The van der Waals surface area contributed by atoms with E-state index in [2.05, 4.69) is 12.2 Å². The molecule has 1 fully saturated rings. The van der Waals surface area contributed by atoms with Crippen LogP contribution in [0.25, 0.3) is 0 Å². The largest absolute Gasteiger partial charge is 0.354 e. The number of carbonyl (C=O) groups is 1. The van der Waals surface area contributed by atoms with Crippen molar-refractivity contribution in [2.24, 2.45) is 5.41 Å². The molecule has 0 radical (unpaired) electrons. The van der Waals surface area contributed by atoms with Crippen molar-refractivity contribution in [3.05, 3.63) is 35.9 Å². The van der Waals surface area contributed by atoms with Gasteiger partial charge < -0.3 is 5.32 Å². The lowest BCUT2D eigenvalue weighted by Gasteiger charge is -2.32. The SMILES string of the molecule is CC1(C(=O)NCC(Cl)c2ccccc2)CCCCC1. The summed E-state index contributed by atoms with van der Waals surface area (Å²) in [6.07, 6.45) is 5.57. The molecule has 1 saturated carbocycles. The van der Waals surface area contributed by atoms with Crippen molar-refractivity contribution in [1.82, 2.24) is 5.32 Å². The second kappa shape index (κ2) is 6.42. The van der Waals surface area contributed by atoms with Crippen molar-refractivity contribution < 1.29 is 4.79 Å². The molecule has 1 unspecified atom stereocenters. The first kappa shape index (κ1) is 14.4. The van der Waals surface area contributed by atoms with Crippen LogP contribution in [-0.4, -0.2) is 12.5 Å². The number of benzene rings is 1. The van der Waals surface area contributed by atoms with Gasteiger partial charge in [-0.1, -0.05) is 56.5 Å². The number of carbonyl (C=O) groups excluding carboxylic acids is 1.